The summed E-state index contributed by atoms with van der Waals surface area (Å²) in [6.07, 6.45) is 0. The number of nitrogens with zero attached hydrogens (tertiary/aromatic N) is 2. The molecule has 0 spiro atoms. The van der Waals surface area contributed by atoms with Crippen LogP contribution in [0.4, 0.5) is 0 Å². The van der Waals surface area contributed by atoms with Gasteiger partial charge in [0.05, 0.1) is 36.0 Å². The standard InChI is InChI=1S/C21H17ClN2O2.C2H6/c1-25-19-7-5-15(6-8-19)14-26-20-10-18(12-22)24-21(11-20)17-4-2-3-16(9-17)13-23;1-2/h2-11H,12,14H2,1H3;1-2H3. The zero-order valence-electron chi connectivity index (χ0n) is 16.3. The van der Waals surface area contributed by atoms with Crippen LogP contribution in [-0.2, 0) is 12.5 Å². The minimum absolute atomic E-state index is 0.282. The van der Waals surface area contributed by atoms with Crippen molar-refractivity contribution in [1.82, 2.24) is 4.98 Å². The van der Waals surface area contributed by atoms with E-state index < -0.39 is 0 Å². The molecule has 5 heteroatoms. The number of nitriles is 1. The Kier molecular flexibility index (Phi) is 8.33. The van der Waals surface area contributed by atoms with Gasteiger partial charge in [-0.15, -0.1) is 11.6 Å². The first-order chi connectivity index (χ1) is 13.7. The fourth-order valence-electron chi connectivity index (χ4n) is 2.50. The van der Waals surface area contributed by atoms with Gasteiger partial charge in [-0.2, -0.15) is 5.26 Å². The van der Waals surface area contributed by atoms with Crippen LogP contribution < -0.4 is 9.47 Å². The average molecular weight is 395 g/mol. The van der Waals surface area contributed by atoms with E-state index in [0.717, 1.165) is 28.3 Å². The van der Waals surface area contributed by atoms with Crippen molar-refractivity contribution in [1.29, 1.82) is 5.26 Å². The lowest BCUT2D eigenvalue weighted by Gasteiger charge is -2.11. The molecule has 3 rings (SSSR count). The molecule has 0 aliphatic carbocycles. The number of hydrogen-bond donors (Lipinski definition) is 0. The molecule has 2 aromatic carbocycles. The number of benzene rings is 2. The molecule has 0 aliphatic rings. The Labute approximate surface area is 171 Å². The molecule has 0 radical (unpaired) electrons. The van der Waals surface area contributed by atoms with Crippen molar-refractivity contribution in [2.75, 3.05) is 7.11 Å². The number of hydrogen-bond acceptors (Lipinski definition) is 4. The van der Waals surface area contributed by atoms with Gasteiger partial charge in [-0.1, -0.05) is 38.1 Å². The molecular formula is C23H23ClN2O2. The molecule has 0 saturated carbocycles. The van der Waals surface area contributed by atoms with Crippen LogP contribution in [0, 0.1) is 11.3 Å². The maximum Gasteiger partial charge on any atom is 0.123 e. The molecule has 0 amide bonds. The predicted octanol–water partition coefficient (Wildman–Crippen LogP) is 5.97. The first-order valence-electron chi connectivity index (χ1n) is 9.05. The quantitative estimate of drug-likeness (QED) is 0.483. The van der Waals surface area contributed by atoms with Gasteiger partial charge in [0.2, 0.25) is 0 Å². The van der Waals surface area contributed by atoms with Crippen LogP contribution in [0.1, 0.15) is 30.7 Å². The first-order valence-corrected chi connectivity index (χ1v) is 9.58. The predicted molar refractivity (Wildman–Crippen MR) is 113 cm³/mol. The monoisotopic (exact) mass is 394 g/mol. The van der Waals surface area contributed by atoms with Crippen molar-refractivity contribution in [2.45, 2.75) is 26.3 Å². The molecule has 0 bridgehead atoms. The topological polar surface area (TPSA) is 55.1 Å². The molecule has 28 heavy (non-hydrogen) atoms. The first kappa shape index (κ1) is 21.3. The summed E-state index contributed by atoms with van der Waals surface area (Å²) in [5.74, 6) is 1.77. The minimum Gasteiger partial charge on any atom is -0.497 e. The SMILES string of the molecule is CC.COc1ccc(COc2cc(CCl)nc(-c3cccc(C#N)c3)c2)cc1. The van der Waals surface area contributed by atoms with Crippen molar-refractivity contribution >= 4 is 11.6 Å². The van der Waals surface area contributed by atoms with E-state index in [2.05, 4.69) is 11.1 Å². The summed E-state index contributed by atoms with van der Waals surface area (Å²) in [6, 6.07) is 20.8. The van der Waals surface area contributed by atoms with E-state index in [1.165, 1.54) is 0 Å². The molecule has 0 fully saturated rings. The molecule has 0 atom stereocenters. The van der Waals surface area contributed by atoms with Crippen LogP contribution in [0.2, 0.25) is 0 Å². The van der Waals surface area contributed by atoms with Gasteiger partial charge in [0.1, 0.15) is 18.1 Å². The van der Waals surface area contributed by atoms with Crippen LogP contribution in [0.3, 0.4) is 0 Å². The second-order valence-corrected chi connectivity index (χ2v) is 5.91. The van der Waals surface area contributed by atoms with E-state index in [9.17, 15) is 0 Å². The molecule has 3 aromatic rings. The van der Waals surface area contributed by atoms with Gasteiger partial charge in [0.15, 0.2) is 0 Å². The highest BCUT2D eigenvalue weighted by Crippen LogP contribution is 2.25. The van der Waals surface area contributed by atoms with E-state index in [1.807, 2.05) is 62.4 Å². The van der Waals surface area contributed by atoms with Crippen LogP contribution >= 0.6 is 11.6 Å². The fourth-order valence-corrected chi connectivity index (χ4v) is 2.63. The molecule has 0 saturated heterocycles. The summed E-state index contributed by atoms with van der Waals surface area (Å²) in [6.45, 7) is 4.42. The Hall–Kier alpha value is -3.03. The highest BCUT2D eigenvalue weighted by Gasteiger charge is 2.07. The second-order valence-electron chi connectivity index (χ2n) is 5.64. The molecular weight excluding hydrogens is 372 g/mol. The van der Waals surface area contributed by atoms with Crippen LogP contribution in [0.15, 0.2) is 60.7 Å². The largest absolute Gasteiger partial charge is 0.497 e. The zero-order valence-corrected chi connectivity index (χ0v) is 17.0. The number of halogens is 1. The maximum atomic E-state index is 9.09. The maximum absolute atomic E-state index is 9.09. The van der Waals surface area contributed by atoms with Gasteiger partial charge in [-0.3, -0.25) is 4.98 Å². The Balaban J connectivity index is 0.00000136. The number of methoxy groups -OCH3 is 1. The molecule has 0 N–H and O–H groups in total. The van der Waals surface area contributed by atoms with Gasteiger partial charge in [0, 0.05) is 17.7 Å². The summed E-state index contributed by atoms with van der Waals surface area (Å²) in [7, 11) is 1.64. The lowest BCUT2D eigenvalue weighted by molar-refractivity contribution is 0.305. The van der Waals surface area contributed by atoms with Crippen molar-refractivity contribution in [3.05, 3.63) is 77.5 Å². The number of rotatable bonds is 6. The molecule has 1 heterocycles. The van der Waals surface area contributed by atoms with Gasteiger partial charge in [-0.05, 0) is 29.8 Å². The second kappa shape index (κ2) is 11.0. The third-order valence-corrected chi connectivity index (χ3v) is 4.11. The van der Waals surface area contributed by atoms with Crippen LogP contribution in [-0.4, -0.2) is 12.1 Å². The number of aromatic nitrogens is 1. The summed E-state index contributed by atoms with van der Waals surface area (Å²) < 4.78 is 11.1. The van der Waals surface area contributed by atoms with E-state index in [-0.39, 0.29) is 5.88 Å². The lowest BCUT2D eigenvalue weighted by atomic mass is 10.1. The fraction of sp³-hybridized carbons (Fsp3) is 0.217. The van der Waals surface area contributed by atoms with Crippen molar-refractivity contribution in [2.24, 2.45) is 0 Å². The Bertz CT molecular complexity index is 934. The summed E-state index contributed by atoms with van der Waals surface area (Å²) in [4.78, 5) is 4.54. The van der Waals surface area contributed by atoms with Gasteiger partial charge < -0.3 is 9.47 Å². The average Bonchev–Trinajstić information content (AvgIpc) is 2.79. The summed E-state index contributed by atoms with van der Waals surface area (Å²) >= 11 is 5.98. The number of ether oxygens (including phenoxy) is 2. The van der Waals surface area contributed by atoms with Crippen molar-refractivity contribution in [3.63, 3.8) is 0 Å². The van der Waals surface area contributed by atoms with E-state index in [0.29, 0.717) is 17.9 Å². The third kappa shape index (κ3) is 5.73. The molecule has 144 valence electrons. The van der Waals surface area contributed by atoms with Crippen LogP contribution in [0.25, 0.3) is 11.3 Å². The van der Waals surface area contributed by atoms with Crippen molar-refractivity contribution < 1.29 is 9.47 Å². The Morgan fingerprint density at radius 1 is 1.00 bits per heavy atom. The number of pyridine rings is 1. The third-order valence-electron chi connectivity index (χ3n) is 3.84. The van der Waals surface area contributed by atoms with E-state index in [4.69, 9.17) is 26.3 Å². The lowest BCUT2D eigenvalue weighted by Crippen LogP contribution is -1.98. The normalized spacial score (nSPS) is 9.68. The molecule has 0 aliphatic heterocycles. The summed E-state index contributed by atoms with van der Waals surface area (Å²) in [5.41, 5.74) is 3.91. The van der Waals surface area contributed by atoms with Gasteiger partial charge in [-0.25, -0.2) is 0 Å². The highest BCUT2D eigenvalue weighted by atomic mass is 35.5. The van der Waals surface area contributed by atoms with E-state index in [1.54, 1.807) is 19.2 Å². The summed E-state index contributed by atoms with van der Waals surface area (Å²) in [5, 5.41) is 9.09. The Morgan fingerprint density at radius 2 is 1.75 bits per heavy atom. The van der Waals surface area contributed by atoms with Crippen LogP contribution in [0.5, 0.6) is 11.5 Å². The number of alkyl halides is 1. The van der Waals surface area contributed by atoms with E-state index >= 15 is 0 Å². The molecule has 0 unspecified atom stereocenters. The van der Waals surface area contributed by atoms with Gasteiger partial charge in [0.25, 0.3) is 0 Å². The Morgan fingerprint density at radius 3 is 2.39 bits per heavy atom. The zero-order chi connectivity index (χ0) is 20.4. The highest BCUT2D eigenvalue weighted by molar-refractivity contribution is 6.16. The molecule has 4 nitrogen and oxygen atoms in total. The van der Waals surface area contributed by atoms with Crippen molar-refractivity contribution in [3.8, 4) is 28.8 Å². The minimum atomic E-state index is 0.282. The smallest absolute Gasteiger partial charge is 0.123 e. The van der Waals surface area contributed by atoms with Gasteiger partial charge >= 0.3 is 0 Å². The molecule has 1 aromatic heterocycles.